The van der Waals surface area contributed by atoms with Crippen molar-refractivity contribution in [3.8, 4) is 0 Å². The zero-order valence-electron chi connectivity index (χ0n) is 14.6. The molecule has 26 heavy (non-hydrogen) atoms. The number of nitrogens with zero attached hydrogens (tertiary/aromatic N) is 1. The fourth-order valence-corrected chi connectivity index (χ4v) is 4.75. The molecule has 0 bridgehead atoms. The van der Waals surface area contributed by atoms with Crippen LogP contribution < -0.4 is 10.0 Å². The molecule has 1 aromatic heterocycles. The van der Waals surface area contributed by atoms with E-state index in [1.54, 1.807) is 14.0 Å². The number of hydrogen-bond donors (Lipinski definition) is 2. The third-order valence-electron chi connectivity index (χ3n) is 4.40. The largest absolute Gasteiger partial charge is 0.345 e. The highest BCUT2D eigenvalue weighted by molar-refractivity contribution is 7.89. The number of rotatable bonds is 2. The molecule has 1 atom stereocenters. The Kier molecular flexibility index (Phi) is 4.61. The Morgan fingerprint density at radius 3 is 2.69 bits per heavy atom. The van der Waals surface area contributed by atoms with Gasteiger partial charge in [-0.05, 0) is 38.3 Å². The number of aryl methyl sites for hydroxylation is 2. The van der Waals surface area contributed by atoms with Crippen molar-refractivity contribution in [3.63, 3.8) is 0 Å². The second-order valence-electron chi connectivity index (χ2n) is 6.54. The van der Waals surface area contributed by atoms with E-state index in [0.29, 0.717) is 18.4 Å². The van der Waals surface area contributed by atoms with Crippen molar-refractivity contribution in [1.29, 1.82) is 0 Å². The van der Waals surface area contributed by atoms with Crippen molar-refractivity contribution in [3.05, 3.63) is 46.8 Å². The number of hydrogen-bond acceptors (Lipinski definition) is 3. The number of halogens is 2. The van der Waals surface area contributed by atoms with Gasteiger partial charge in [-0.1, -0.05) is 0 Å². The molecule has 0 aliphatic carbocycles. The van der Waals surface area contributed by atoms with Crippen LogP contribution in [-0.2, 0) is 23.5 Å². The smallest absolute Gasteiger partial charge is 0.272 e. The van der Waals surface area contributed by atoms with Crippen LogP contribution in [0.3, 0.4) is 0 Å². The molecular weight excluding hydrogens is 364 g/mol. The van der Waals surface area contributed by atoms with Crippen LogP contribution in [0, 0.1) is 18.6 Å². The lowest BCUT2D eigenvalue weighted by Crippen LogP contribution is -2.30. The third-order valence-corrected chi connectivity index (χ3v) is 6.05. The van der Waals surface area contributed by atoms with E-state index in [9.17, 15) is 22.0 Å². The average Bonchev–Trinajstić information content (AvgIpc) is 2.82. The monoisotopic (exact) mass is 383 g/mol. The molecule has 0 radical (unpaired) electrons. The molecule has 9 heteroatoms. The van der Waals surface area contributed by atoms with E-state index in [2.05, 4.69) is 10.0 Å². The van der Waals surface area contributed by atoms with Gasteiger partial charge in [0.25, 0.3) is 5.91 Å². The van der Waals surface area contributed by atoms with E-state index < -0.39 is 27.6 Å². The summed E-state index contributed by atoms with van der Waals surface area (Å²) in [5.41, 5.74) is 0.763. The van der Waals surface area contributed by atoms with Gasteiger partial charge in [0.15, 0.2) is 11.6 Å². The second-order valence-corrected chi connectivity index (χ2v) is 8.22. The summed E-state index contributed by atoms with van der Waals surface area (Å²) in [6, 6.07) is 1.96. The number of carbonyl (C=O) groups excluding carboxylic acids is 1. The van der Waals surface area contributed by atoms with Crippen LogP contribution in [-0.4, -0.2) is 24.9 Å². The van der Waals surface area contributed by atoms with Gasteiger partial charge in [0, 0.05) is 36.6 Å². The molecule has 1 aliphatic rings. The number of carbonyl (C=O) groups is 1. The Morgan fingerprint density at radius 2 is 2.04 bits per heavy atom. The minimum absolute atomic E-state index is 0.0617. The Balaban J connectivity index is 2.01. The lowest BCUT2D eigenvalue weighted by Gasteiger charge is -2.11. The Morgan fingerprint density at radius 1 is 1.35 bits per heavy atom. The van der Waals surface area contributed by atoms with Crippen molar-refractivity contribution < 1.29 is 22.0 Å². The lowest BCUT2D eigenvalue weighted by atomic mass is 10.1. The highest BCUT2D eigenvalue weighted by Gasteiger charge is 2.31. The Hall–Kier alpha value is -2.26. The first kappa shape index (κ1) is 18.5. The number of nitrogens with one attached hydrogen (secondary N) is 2. The van der Waals surface area contributed by atoms with Gasteiger partial charge in [0.05, 0.1) is 0 Å². The van der Waals surface area contributed by atoms with Crippen molar-refractivity contribution in [2.45, 2.75) is 37.6 Å². The number of benzene rings is 1. The summed E-state index contributed by atoms with van der Waals surface area (Å²) in [6.07, 6.45) is 2.34. The quantitative estimate of drug-likeness (QED) is 0.836. The van der Waals surface area contributed by atoms with Crippen LogP contribution in [0.1, 0.15) is 35.0 Å². The maximum atomic E-state index is 13.6. The van der Waals surface area contributed by atoms with Crippen LogP contribution in [0.4, 0.5) is 14.5 Å². The van der Waals surface area contributed by atoms with E-state index in [4.69, 9.17) is 0 Å². The number of amides is 1. The third kappa shape index (κ3) is 3.24. The highest BCUT2D eigenvalue weighted by Crippen LogP contribution is 2.28. The van der Waals surface area contributed by atoms with Crippen LogP contribution >= 0.6 is 0 Å². The molecule has 0 saturated heterocycles. The molecular formula is C17H19F2N3O3S. The highest BCUT2D eigenvalue weighted by atomic mass is 32.2. The fraction of sp³-hybridized carbons (Fsp3) is 0.353. The van der Waals surface area contributed by atoms with Crippen LogP contribution in [0.15, 0.2) is 23.2 Å². The predicted octanol–water partition coefficient (Wildman–Crippen LogP) is 2.48. The van der Waals surface area contributed by atoms with Gasteiger partial charge < -0.3 is 9.88 Å². The topological polar surface area (TPSA) is 80.2 Å². The standard InChI is InChI=1S/C17H19F2N3O3S/c1-9-6-11(7-13(18)15(9)19)20-17(23)16-12-5-4-10(2)21-26(24,25)14(12)8-22(16)3/h6-8,10,21H,4-5H2,1-3H3,(H,20,23)/t10-/m0/s1. The molecule has 2 N–H and O–H groups in total. The first-order valence-electron chi connectivity index (χ1n) is 8.07. The molecule has 6 nitrogen and oxygen atoms in total. The molecule has 0 unspecified atom stereocenters. The first-order valence-corrected chi connectivity index (χ1v) is 9.56. The molecule has 1 amide bonds. The molecule has 2 aromatic rings. The number of sulfonamides is 1. The van der Waals surface area contributed by atoms with E-state index in [1.807, 2.05) is 0 Å². The molecule has 3 rings (SSSR count). The number of aromatic nitrogens is 1. The van der Waals surface area contributed by atoms with Gasteiger partial charge in [-0.2, -0.15) is 0 Å². The van der Waals surface area contributed by atoms with Crippen molar-refractivity contribution >= 4 is 21.6 Å². The summed E-state index contributed by atoms with van der Waals surface area (Å²) in [5, 5.41) is 2.52. The zero-order valence-corrected chi connectivity index (χ0v) is 15.4. The maximum absolute atomic E-state index is 13.6. The molecule has 2 heterocycles. The molecule has 0 saturated carbocycles. The van der Waals surface area contributed by atoms with Crippen LogP contribution in [0.5, 0.6) is 0 Å². The average molecular weight is 383 g/mol. The lowest BCUT2D eigenvalue weighted by molar-refractivity contribution is 0.101. The zero-order chi connectivity index (χ0) is 19.2. The summed E-state index contributed by atoms with van der Waals surface area (Å²) in [6.45, 7) is 3.15. The Bertz CT molecular complexity index is 976. The second kappa shape index (κ2) is 6.48. The van der Waals surface area contributed by atoms with Crippen molar-refractivity contribution in [2.24, 2.45) is 7.05 Å². The normalized spacial score (nSPS) is 18.9. The van der Waals surface area contributed by atoms with E-state index >= 15 is 0 Å². The number of anilines is 1. The van der Waals surface area contributed by atoms with Gasteiger partial charge >= 0.3 is 0 Å². The SMILES string of the molecule is Cc1cc(NC(=O)c2c3c(cn2C)S(=O)(=O)N[C@@H](C)CC3)cc(F)c1F. The first-order chi connectivity index (χ1) is 12.1. The van der Waals surface area contributed by atoms with Crippen LogP contribution in [0.25, 0.3) is 0 Å². The Labute approximate surface area is 150 Å². The molecule has 0 fully saturated rings. The molecule has 1 aromatic carbocycles. The van der Waals surface area contributed by atoms with E-state index in [-0.39, 0.29) is 27.9 Å². The van der Waals surface area contributed by atoms with Gasteiger partial charge in [-0.25, -0.2) is 21.9 Å². The van der Waals surface area contributed by atoms with Crippen LogP contribution in [0.2, 0.25) is 0 Å². The summed E-state index contributed by atoms with van der Waals surface area (Å²) in [4.78, 5) is 12.8. The molecule has 0 spiro atoms. The van der Waals surface area contributed by atoms with E-state index in [1.165, 1.54) is 23.8 Å². The number of fused-ring (bicyclic) bond motifs is 1. The summed E-state index contributed by atoms with van der Waals surface area (Å²) >= 11 is 0. The summed E-state index contributed by atoms with van der Waals surface area (Å²) in [5.74, 6) is -2.61. The van der Waals surface area contributed by atoms with Gasteiger partial charge in [0.2, 0.25) is 10.0 Å². The minimum atomic E-state index is -3.72. The summed E-state index contributed by atoms with van der Waals surface area (Å²) in [7, 11) is -2.15. The molecule has 1 aliphatic heterocycles. The minimum Gasteiger partial charge on any atom is -0.345 e. The van der Waals surface area contributed by atoms with Gasteiger partial charge in [0.1, 0.15) is 10.6 Å². The van der Waals surface area contributed by atoms with Gasteiger partial charge in [-0.3, -0.25) is 4.79 Å². The fourth-order valence-electron chi connectivity index (χ4n) is 3.16. The maximum Gasteiger partial charge on any atom is 0.272 e. The predicted molar refractivity (Wildman–Crippen MR) is 92.6 cm³/mol. The molecule has 140 valence electrons. The summed E-state index contributed by atoms with van der Waals surface area (Å²) < 4.78 is 55.8. The van der Waals surface area contributed by atoms with Gasteiger partial charge in [-0.15, -0.1) is 0 Å². The van der Waals surface area contributed by atoms with Crippen molar-refractivity contribution in [2.75, 3.05) is 5.32 Å². The van der Waals surface area contributed by atoms with Crippen molar-refractivity contribution in [1.82, 2.24) is 9.29 Å². The van der Waals surface area contributed by atoms with E-state index in [0.717, 1.165) is 6.07 Å².